The van der Waals surface area contributed by atoms with Gasteiger partial charge in [0.05, 0.1) is 12.0 Å². The van der Waals surface area contributed by atoms with Crippen LogP contribution in [0.5, 0.6) is 5.75 Å². The monoisotopic (exact) mass is 274 g/mol. The molecule has 0 bridgehead atoms. The molecule has 9 heteroatoms. The zero-order valence-electron chi connectivity index (χ0n) is 9.21. The zero-order chi connectivity index (χ0) is 13.8. The van der Waals surface area contributed by atoms with Gasteiger partial charge in [0.2, 0.25) is 0 Å². The Bertz CT molecular complexity index is 551. The summed E-state index contributed by atoms with van der Waals surface area (Å²) in [6.07, 6.45) is 0. The highest BCUT2D eigenvalue weighted by Crippen LogP contribution is 2.14. The number of aliphatic carboxylic acids is 1. The summed E-state index contributed by atoms with van der Waals surface area (Å²) in [5.74, 6) is -2.82. The van der Waals surface area contributed by atoms with E-state index < -0.39 is 21.9 Å². The summed E-state index contributed by atoms with van der Waals surface area (Å²) in [4.78, 5) is 22.3. The number of methoxy groups -OCH3 is 1. The van der Waals surface area contributed by atoms with E-state index in [0.29, 0.717) is 5.75 Å². The fraction of sp³-hybridized carbons (Fsp3) is 0.111. The zero-order valence-corrected chi connectivity index (χ0v) is 10.0. The van der Waals surface area contributed by atoms with Crippen molar-refractivity contribution in [1.82, 2.24) is 10.3 Å². The van der Waals surface area contributed by atoms with Gasteiger partial charge in [-0.25, -0.2) is 13.2 Å². The van der Waals surface area contributed by atoms with E-state index in [9.17, 15) is 18.0 Å². The van der Waals surface area contributed by atoms with E-state index in [-0.39, 0.29) is 4.90 Å². The molecule has 0 heterocycles. The Morgan fingerprint density at radius 3 is 2.22 bits per heavy atom. The van der Waals surface area contributed by atoms with Gasteiger partial charge in [-0.15, -0.1) is 4.83 Å². The highest BCUT2D eigenvalue weighted by atomic mass is 32.2. The first kappa shape index (κ1) is 13.9. The van der Waals surface area contributed by atoms with Crippen LogP contribution in [-0.2, 0) is 19.6 Å². The number of benzene rings is 1. The Kier molecular flexibility index (Phi) is 4.23. The standard InChI is InChI=1S/C9H10N2O6S/c1-17-6-2-4-7(5-3-6)18(15,16)11-10-8(12)9(13)14/h2-5,11H,1H3,(H,10,12)(H,13,14). The quantitative estimate of drug-likeness (QED) is 0.482. The number of sulfonamides is 1. The fourth-order valence-corrected chi connectivity index (χ4v) is 1.82. The molecule has 3 N–H and O–H groups in total. The number of hydrogen-bond donors (Lipinski definition) is 3. The molecule has 0 unspecified atom stereocenters. The van der Waals surface area contributed by atoms with Crippen molar-refractivity contribution in [3.05, 3.63) is 24.3 Å². The van der Waals surface area contributed by atoms with Crippen molar-refractivity contribution < 1.29 is 27.9 Å². The fourth-order valence-electron chi connectivity index (χ4n) is 0.981. The Labute approximate surface area is 103 Å². The number of rotatable bonds is 4. The van der Waals surface area contributed by atoms with Crippen LogP contribution in [0.15, 0.2) is 29.2 Å². The van der Waals surface area contributed by atoms with Crippen LogP contribution in [0.1, 0.15) is 0 Å². The lowest BCUT2D eigenvalue weighted by Gasteiger charge is -2.07. The predicted molar refractivity (Wildman–Crippen MR) is 59.1 cm³/mol. The van der Waals surface area contributed by atoms with Gasteiger partial charge in [0.15, 0.2) is 0 Å². The molecule has 0 aromatic heterocycles. The lowest BCUT2D eigenvalue weighted by Crippen LogP contribution is -2.44. The minimum atomic E-state index is -4.01. The van der Waals surface area contributed by atoms with Crippen molar-refractivity contribution in [2.45, 2.75) is 4.90 Å². The average molecular weight is 274 g/mol. The second-order valence-corrected chi connectivity index (χ2v) is 4.72. The normalized spacial score (nSPS) is 10.7. The van der Waals surface area contributed by atoms with Gasteiger partial charge in [-0.05, 0) is 24.3 Å². The van der Waals surface area contributed by atoms with Gasteiger partial charge in [-0.3, -0.25) is 10.2 Å². The maximum atomic E-state index is 11.6. The second-order valence-electron chi connectivity index (χ2n) is 3.04. The molecular formula is C9H10N2O6S. The van der Waals surface area contributed by atoms with Crippen molar-refractivity contribution >= 4 is 21.9 Å². The summed E-state index contributed by atoms with van der Waals surface area (Å²) in [7, 11) is -2.59. The first-order valence-corrected chi connectivity index (χ1v) is 6.04. The number of carboxylic acid groups (broad SMARTS) is 1. The number of amides is 1. The van der Waals surface area contributed by atoms with Crippen LogP contribution in [0.4, 0.5) is 0 Å². The largest absolute Gasteiger partial charge is 0.497 e. The SMILES string of the molecule is COc1ccc(S(=O)(=O)NNC(=O)C(=O)O)cc1. The third-order valence-corrected chi connectivity index (χ3v) is 3.13. The van der Waals surface area contributed by atoms with Crippen LogP contribution in [0.2, 0.25) is 0 Å². The molecule has 0 fully saturated rings. The molecule has 1 aromatic rings. The molecule has 1 amide bonds. The number of carbonyl (C=O) groups excluding carboxylic acids is 1. The summed E-state index contributed by atoms with van der Waals surface area (Å²) in [5, 5.41) is 8.25. The van der Waals surface area contributed by atoms with E-state index in [2.05, 4.69) is 0 Å². The highest BCUT2D eigenvalue weighted by Gasteiger charge is 2.17. The first-order chi connectivity index (χ1) is 8.36. The van der Waals surface area contributed by atoms with Gasteiger partial charge in [0.25, 0.3) is 10.0 Å². The van der Waals surface area contributed by atoms with E-state index in [0.717, 1.165) is 0 Å². The van der Waals surface area contributed by atoms with Crippen LogP contribution < -0.4 is 15.0 Å². The maximum Gasteiger partial charge on any atom is 0.395 e. The van der Waals surface area contributed by atoms with Crippen LogP contribution in [0, 0.1) is 0 Å². The number of hydrazine groups is 1. The molecule has 1 aromatic carbocycles. The molecule has 0 aliphatic heterocycles. The number of carboxylic acids is 1. The molecular weight excluding hydrogens is 264 g/mol. The van der Waals surface area contributed by atoms with Crippen molar-refractivity contribution in [2.75, 3.05) is 7.11 Å². The first-order valence-electron chi connectivity index (χ1n) is 4.56. The predicted octanol–water partition coefficient (Wildman–Crippen LogP) is -0.911. The van der Waals surface area contributed by atoms with Crippen LogP contribution >= 0.6 is 0 Å². The molecule has 0 radical (unpaired) electrons. The van der Waals surface area contributed by atoms with Gasteiger partial charge in [-0.2, -0.15) is 0 Å². The molecule has 0 atom stereocenters. The van der Waals surface area contributed by atoms with E-state index in [1.165, 1.54) is 31.4 Å². The number of nitrogens with one attached hydrogen (secondary N) is 2. The van der Waals surface area contributed by atoms with Crippen LogP contribution in [0.25, 0.3) is 0 Å². The van der Waals surface area contributed by atoms with Gasteiger partial charge in [0.1, 0.15) is 5.75 Å². The van der Waals surface area contributed by atoms with Gasteiger partial charge < -0.3 is 9.84 Å². The van der Waals surface area contributed by atoms with Crippen LogP contribution in [-0.4, -0.2) is 32.5 Å². The lowest BCUT2D eigenvalue weighted by molar-refractivity contribution is -0.150. The van der Waals surface area contributed by atoms with Gasteiger partial charge in [0, 0.05) is 0 Å². The smallest absolute Gasteiger partial charge is 0.395 e. The van der Waals surface area contributed by atoms with E-state index in [1.54, 1.807) is 10.3 Å². The van der Waals surface area contributed by atoms with E-state index in [4.69, 9.17) is 9.84 Å². The summed E-state index contributed by atoms with van der Waals surface area (Å²) in [5.41, 5.74) is 1.54. The van der Waals surface area contributed by atoms with Gasteiger partial charge >= 0.3 is 11.9 Å². The van der Waals surface area contributed by atoms with Gasteiger partial charge in [-0.1, -0.05) is 0 Å². The molecule has 0 aliphatic rings. The van der Waals surface area contributed by atoms with E-state index in [1.807, 2.05) is 0 Å². The van der Waals surface area contributed by atoms with Crippen LogP contribution in [0.3, 0.4) is 0 Å². The Morgan fingerprint density at radius 2 is 1.78 bits per heavy atom. The third-order valence-electron chi connectivity index (χ3n) is 1.86. The molecule has 0 aliphatic carbocycles. The Hall–Kier alpha value is -2.13. The van der Waals surface area contributed by atoms with Crippen molar-refractivity contribution in [1.29, 1.82) is 0 Å². The second kappa shape index (κ2) is 5.47. The molecule has 98 valence electrons. The number of hydrogen-bond acceptors (Lipinski definition) is 5. The summed E-state index contributed by atoms with van der Waals surface area (Å²) < 4.78 is 28.0. The molecule has 0 saturated carbocycles. The molecule has 18 heavy (non-hydrogen) atoms. The van der Waals surface area contributed by atoms with Crippen molar-refractivity contribution in [2.24, 2.45) is 0 Å². The molecule has 0 saturated heterocycles. The highest BCUT2D eigenvalue weighted by molar-refractivity contribution is 7.89. The molecule has 8 nitrogen and oxygen atoms in total. The lowest BCUT2D eigenvalue weighted by atomic mass is 10.3. The maximum absolute atomic E-state index is 11.6. The summed E-state index contributed by atoms with van der Waals surface area (Å²) >= 11 is 0. The molecule has 0 spiro atoms. The van der Waals surface area contributed by atoms with Crippen molar-refractivity contribution in [3.63, 3.8) is 0 Å². The third kappa shape index (κ3) is 3.43. The number of ether oxygens (including phenoxy) is 1. The Morgan fingerprint density at radius 1 is 1.22 bits per heavy atom. The average Bonchev–Trinajstić information content (AvgIpc) is 2.36. The number of carbonyl (C=O) groups is 2. The minimum absolute atomic E-state index is 0.144. The summed E-state index contributed by atoms with van der Waals surface area (Å²) in [6, 6.07) is 5.31. The van der Waals surface area contributed by atoms with Crippen molar-refractivity contribution in [3.8, 4) is 5.75 Å². The Balaban J connectivity index is 2.80. The molecule has 1 rings (SSSR count). The minimum Gasteiger partial charge on any atom is -0.497 e. The topological polar surface area (TPSA) is 122 Å². The van der Waals surface area contributed by atoms with E-state index >= 15 is 0 Å². The summed E-state index contributed by atoms with van der Waals surface area (Å²) in [6.45, 7) is 0.